The molecule has 6 unspecified atom stereocenters. The number of rotatable bonds is 2. The summed E-state index contributed by atoms with van der Waals surface area (Å²) in [6.07, 6.45) is 4.96. The van der Waals surface area contributed by atoms with Crippen LogP contribution in [0.1, 0.15) is 33.1 Å². The predicted octanol–water partition coefficient (Wildman–Crippen LogP) is 2.52. The lowest BCUT2D eigenvalue weighted by molar-refractivity contribution is -0.111. The molecule has 2 aliphatic rings. The zero-order chi connectivity index (χ0) is 11.0. The Balaban J connectivity index is 2.12. The molecule has 0 bridgehead atoms. The van der Waals surface area contributed by atoms with Gasteiger partial charge in [0.25, 0.3) is 0 Å². The van der Waals surface area contributed by atoms with E-state index in [9.17, 15) is 4.79 Å². The van der Waals surface area contributed by atoms with Crippen molar-refractivity contribution in [3.05, 3.63) is 0 Å². The van der Waals surface area contributed by atoms with Gasteiger partial charge in [-0.05, 0) is 42.9 Å². The normalized spacial score (nSPS) is 50.1. The van der Waals surface area contributed by atoms with Crippen LogP contribution in [0.5, 0.6) is 0 Å². The van der Waals surface area contributed by atoms with Crippen LogP contribution in [0.15, 0.2) is 0 Å². The molecule has 15 heavy (non-hydrogen) atoms. The third-order valence-corrected chi connectivity index (χ3v) is 4.79. The van der Waals surface area contributed by atoms with E-state index in [-0.39, 0.29) is 0 Å². The number of hydrogen-bond acceptors (Lipinski definition) is 2. The van der Waals surface area contributed by atoms with Gasteiger partial charge in [0, 0.05) is 13.0 Å². The summed E-state index contributed by atoms with van der Waals surface area (Å²) in [6, 6.07) is 0. The van der Waals surface area contributed by atoms with Crippen LogP contribution in [0.4, 0.5) is 0 Å². The van der Waals surface area contributed by atoms with Crippen molar-refractivity contribution in [1.82, 2.24) is 0 Å². The Bertz CT molecular complexity index is 239. The first-order valence-corrected chi connectivity index (χ1v) is 6.15. The summed E-state index contributed by atoms with van der Waals surface area (Å²) in [5.41, 5.74) is 0. The molecule has 6 atom stereocenters. The van der Waals surface area contributed by atoms with Gasteiger partial charge in [-0.25, -0.2) is 0 Å². The van der Waals surface area contributed by atoms with Crippen LogP contribution < -0.4 is 0 Å². The second-order valence-electron chi connectivity index (χ2n) is 5.54. The average Bonchev–Trinajstić information content (AvgIpc) is 2.68. The molecule has 0 aliphatic heterocycles. The van der Waals surface area contributed by atoms with Crippen molar-refractivity contribution in [3.8, 4) is 0 Å². The molecular weight excluding hydrogens is 188 g/mol. The van der Waals surface area contributed by atoms with Crippen LogP contribution in [-0.4, -0.2) is 19.5 Å². The molecule has 0 aromatic carbocycles. The smallest absolute Gasteiger partial charge is 0.123 e. The van der Waals surface area contributed by atoms with Crippen molar-refractivity contribution >= 4 is 6.29 Å². The fraction of sp³-hybridized carbons (Fsp3) is 0.923. The Morgan fingerprint density at radius 3 is 2.40 bits per heavy atom. The summed E-state index contributed by atoms with van der Waals surface area (Å²) in [7, 11) is 1.82. The first-order valence-electron chi connectivity index (χ1n) is 6.15. The molecule has 2 saturated carbocycles. The summed E-state index contributed by atoms with van der Waals surface area (Å²) in [6.45, 7) is 4.62. The molecule has 0 amide bonds. The van der Waals surface area contributed by atoms with E-state index >= 15 is 0 Å². The van der Waals surface area contributed by atoms with Crippen LogP contribution in [0.3, 0.4) is 0 Å². The Labute approximate surface area is 92.4 Å². The maximum absolute atomic E-state index is 10.9. The summed E-state index contributed by atoms with van der Waals surface area (Å²) < 4.78 is 5.56. The maximum Gasteiger partial charge on any atom is 0.123 e. The SMILES string of the molecule is COC1CC(C)C2CC(C=O)CC2C1C. The van der Waals surface area contributed by atoms with Crippen molar-refractivity contribution < 1.29 is 9.53 Å². The monoisotopic (exact) mass is 210 g/mol. The maximum atomic E-state index is 10.9. The van der Waals surface area contributed by atoms with Gasteiger partial charge in [-0.15, -0.1) is 0 Å². The van der Waals surface area contributed by atoms with Crippen LogP contribution in [0, 0.1) is 29.6 Å². The van der Waals surface area contributed by atoms with Crippen LogP contribution >= 0.6 is 0 Å². The van der Waals surface area contributed by atoms with E-state index in [1.165, 1.54) is 12.7 Å². The van der Waals surface area contributed by atoms with E-state index < -0.39 is 0 Å². The van der Waals surface area contributed by atoms with Crippen molar-refractivity contribution in [3.63, 3.8) is 0 Å². The number of carbonyl (C=O) groups excluding carboxylic acids is 1. The van der Waals surface area contributed by atoms with Gasteiger partial charge < -0.3 is 9.53 Å². The minimum atomic E-state index is 0.320. The zero-order valence-electron chi connectivity index (χ0n) is 9.98. The first kappa shape index (κ1) is 11.1. The summed E-state index contributed by atoms with van der Waals surface area (Å²) in [5, 5.41) is 0. The predicted molar refractivity (Wildman–Crippen MR) is 59.5 cm³/mol. The highest BCUT2D eigenvalue weighted by Gasteiger charge is 2.46. The van der Waals surface area contributed by atoms with E-state index in [4.69, 9.17) is 4.74 Å². The standard InChI is InChI=1S/C13H22O2/c1-8-4-13(15-3)9(2)12-6-10(7-14)5-11(8)12/h7-13H,4-6H2,1-3H3. The zero-order valence-corrected chi connectivity index (χ0v) is 9.98. The topological polar surface area (TPSA) is 26.3 Å². The van der Waals surface area contributed by atoms with Gasteiger partial charge in [0.15, 0.2) is 0 Å². The molecule has 2 fully saturated rings. The first-order chi connectivity index (χ1) is 7.17. The highest BCUT2D eigenvalue weighted by Crippen LogP contribution is 2.50. The highest BCUT2D eigenvalue weighted by molar-refractivity contribution is 5.54. The summed E-state index contributed by atoms with van der Waals surface area (Å²) in [5.74, 6) is 3.15. The van der Waals surface area contributed by atoms with E-state index in [0.29, 0.717) is 23.9 Å². The summed E-state index contributed by atoms with van der Waals surface area (Å²) in [4.78, 5) is 10.9. The second-order valence-corrected chi connectivity index (χ2v) is 5.54. The van der Waals surface area contributed by atoms with Gasteiger partial charge in [0.1, 0.15) is 6.29 Å². The van der Waals surface area contributed by atoms with E-state index in [1.54, 1.807) is 0 Å². The van der Waals surface area contributed by atoms with Crippen molar-refractivity contribution in [2.24, 2.45) is 29.6 Å². The van der Waals surface area contributed by atoms with Crippen molar-refractivity contribution in [2.75, 3.05) is 7.11 Å². The Kier molecular flexibility index (Phi) is 3.15. The lowest BCUT2D eigenvalue weighted by atomic mass is 9.68. The minimum absolute atomic E-state index is 0.320. The molecule has 2 nitrogen and oxygen atoms in total. The summed E-state index contributed by atoms with van der Waals surface area (Å²) >= 11 is 0. The Morgan fingerprint density at radius 1 is 1.13 bits per heavy atom. The van der Waals surface area contributed by atoms with Gasteiger partial charge in [0.2, 0.25) is 0 Å². The molecule has 0 spiro atoms. The molecule has 0 N–H and O–H groups in total. The molecule has 2 rings (SSSR count). The van der Waals surface area contributed by atoms with Crippen LogP contribution in [0.2, 0.25) is 0 Å². The van der Waals surface area contributed by atoms with E-state index in [2.05, 4.69) is 13.8 Å². The number of ether oxygens (including phenoxy) is 1. The van der Waals surface area contributed by atoms with Crippen LogP contribution in [0.25, 0.3) is 0 Å². The number of aldehydes is 1. The van der Waals surface area contributed by atoms with E-state index in [0.717, 1.165) is 24.7 Å². The molecule has 0 saturated heterocycles. The molecular formula is C13H22O2. The minimum Gasteiger partial charge on any atom is -0.381 e. The van der Waals surface area contributed by atoms with Gasteiger partial charge in [0.05, 0.1) is 6.10 Å². The van der Waals surface area contributed by atoms with Gasteiger partial charge >= 0.3 is 0 Å². The quantitative estimate of drug-likeness (QED) is 0.655. The molecule has 86 valence electrons. The molecule has 0 aromatic heterocycles. The molecule has 2 heteroatoms. The lowest BCUT2D eigenvalue weighted by Gasteiger charge is -2.41. The van der Waals surface area contributed by atoms with Crippen molar-refractivity contribution in [1.29, 1.82) is 0 Å². The van der Waals surface area contributed by atoms with Crippen molar-refractivity contribution in [2.45, 2.75) is 39.2 Å². The van der Waals surface area contributed by atoms with Gasteiger partial charge in [-0.3, -0.25) is 0 Å². The average molecular weight is 210 g/mol. The number of fused-ring (bicyclic) bond motifs is 1. The fourth-order valence-electron chi connectivity index (χ4n) is 3.86. The Morgan fingerprint density at radius 2 is 1.80 bits per heavy atom. The molecule has 2 aliphatic carbocycles. The molecule has 0 aromatic rings. The lowest BCUT2D eigenvalue weighted by Crippen LogP contribution is -2.39. The highest BCUT2D eigenvalue weighted by atomic mass is 16.5. The Hall–Kier alpha value is -0.370. The number of methoxy groups -OCH3 is 1. The van der Waals surface area contributed by atoms with Crippen LogP contribution in [-0.2, 0) is 9.53 Å². The fourth-order valence-corrected chi connectivity index (χ4v) is 3.86. The molecule has 0 heterocycles. The third kappa shape index (κ3) is 1.84. The number of carbonyl (C=O) groups is 1. The van der Waals surface area contributed by atoms with E-state index in [1.807, 2.05) is 7.11 Å². The van der Waals surface area contributed by atoms with Gasteiger partial charge in [-0.2, -0.15) is 0 Å². The second kappa shape index (κ2) is 4.25. The largest absolute Gasteiger partial charge is 0.381 e. The van der Waals surface area contributed by atoms with Gasteiger partial charge in [-0.1, -0.05) is 13.8 Å². The third-order valence-electron chi connectivity index (χ3n) is 4.79. The molecule has 0 radical (unpaired) electrons. The number of hydrogen-bond donors (Lipinski definition) is 0.